The molecule has 1 atom stereocenters. The van der Waals surface area contributed by atoms with Crippen LogP contribution in [0.1, 0.15) is 26.7 Å². The lowest BCUT2D eigenvalue weighted by molar-refractivity contribution is -0.139. The minimum Gasteiger partial charge on any atom is -0.337 e. The van der Waals surface area contributed by atoms with Crippen molar-refractivity contribution in [1.82, 2.24) is 4.90 Å². The Balaban J connectivity index is 2.78. The average Bonchev–Trinajstić information content (AvgIpc) is 2.36. The van der Waals surface area contributed by atoms with Crippen LogP contribution < -0.4 is 0 Å². The molecule has 0 aromatic carbocycles. The van der Waals surface area contributed by atoms with Crippen LogP contribution in [0.25, 0.3) is 0 Å². The van der Waals surface area contributed by atoms with E-state index in [-0.39, 0.29) is 19.5 Å². The van der Waals surface area contributed by atoms with E-state index in [0.717, 1.165) is 6.08 Å². The van der Waals surface area contributed by atoms with Gasteiger partial charge < -0.3 is 4.90 Å². The van der Waals surface area contributed by atoms with Crippen molar-refractivity contribution < 1.29 is 18.0 Å². The molecule has 0 fully saturated rings. The minimum atomic E-state index is -4.32. The molecule has 0 N–H and O–H groups in total. The molecule has 0 bridgehead atoms. The number of hydrogen-bond acceptors (Lipinski definition) is 2. The van der Waals surface area contributed by atoms with Gasteiger partial charge in [0.2, 0.25) is 5.91 Å². The molecule has 0 radical (unpaired) electrons. The largest absolute Gasteiger partial charge is 0.412 e. The Labute approximate surface area is 104 Å². The number of nitriles is 1. The molecular formula is C12H15F3N2O. The summed E-state index contributed by atoms with van der Waals surface area (Å²) < 4.78 is 37.2. The van der Waals surface area contributed by atoms with Crippen molar-refractivity contribution >= 4 is 5.91 Å². The summed E-state index contributed by atoms with van der Waals surface area (Å²) in [6.45, 7) is 3.16. The summed E-state index contributed by atoms with van der Waals surface area (Å²) in [5, 5.41) is 8.97. The number of carbonyl (C=O) groups excluding carboxylic acids is 1. The summed E-state index contributed by atoms with van der Waals surface area (Å²) in [4.78, 5) is 13.3. The monoisotopic (exact) mass is 260 g/mol. The molecule has 0 aromatic heterocycles. The van der Waals surface area contributed by atoms with E-state index < -0.39 is 23.1 Å². The zero-order valence-corrected chi connectivity index (χ0v) is 10.3. The standard InChI is InChI=1S/C12H15F3N2O/c1-3-11(2,8-16)10(18)17-6-4-9(5-7-17)12(13,14)15/h4H,3,5-7H2,1-2H3. The first kappa shape index (κ1) is 14.6. The van der Waals surface area contributed by atoms with Crippen LogP contribution in [-0.2, 0) is 4.79 Å². The number of halogens is 3. The predicted molar refractivity (Wildman–Crippen MR) is 59.3 cm³/mol. The van der Waals surface area contributed by atoms with Crippen LogP contribution in [0.15, 0.2) is 11.6 Å². The molecule has 100 valence electrons. The maximum Gasteiger partial charge on any atom is 0.412 e. The molecule has 6 heteroatoms. The third kappa shape index (κ3) is 2.84. The van der Waals surface area contributed by atoms with E-state index in [0.29, 0.717) is 6.42 Å². The second-order valence-corrected chi connectivity index (χ2v) is 4.53. The van der Waals surface area contributed by atoms with Gasteiger partial charge in [-0.05, 0) is 19.8 Å². The predicted octanol–water partition coefficient (Wildman–Crippen LogP) is 2.65. The number of hydrogen-bond donors (Lipinski definition) is 0. The van der Waals surface area contributed by atoms with Crippen molar-refractivity contribution in [1.29, 1.82) is 5.26 Å². The molecule has 0 saturated heterocycles. The summed E-state index contributed by atoms with van der Waals surface area (Å²) in [5.74, 6) is -0.398. The smallest absolute Gasteiger partial charge is 0.337 e. The van der Waals surface area contributed by atoms with E-state index in [2.05, 4.69) is 0 Å². The van der Waals surface area contributed by atoms with Crippen molar-refractivity contribution in [3.63, 3.8) is 0 Å². The van der Waals surface area contributed by atoms with Gasteiger partial charge in [-0.3, -0.25) is 4.79 Å². The first-order chi connectivity index (χ1) is 8.24. The van der Waals surface area contributed by atoms with Crippen molar-refractivity contribution in [2.45, 2.75) is 32.9 Å². The number of rotatable bonds is 2. The van der Waals surface area contributed by atoms with Gasteiger partial charge in [0.1, 0.15) is 5.41 Å². The summed E-state index contributed by atoms with van der Waals surface area (Å²) in [6.07, 6.45) is -3.16. The summed E-state index contributed by atoms with van der Waals surface area (Å²) >= 11 is 0. The molecular weight excluding hydrogens is 245 g/mol. The Hall–Kier alpha value is -1.51. The fourth-order valence-corrected chi connectivity index (χ4v) is 1.74. The highest BCUT2D eigenvalue weighted by Gasteiger charge is 2.39. The van der Waals surface area contributed by atoms with E-state index in [4.69, 9.17) is 5.26 Å². The van der Waals surface area contributed by atoms with Crippen molar-refractivity contribution in [2.24, 2.45) is 5.41 Å². The lowest BCUT2D eigenvalue weighted by Gasteiger charge is -2.32. The summed E-state index contributed by atoms with van der Waals surface area (Å²) in [5.41, 5.74) is -1.74. The van der Waals surface area contributed by atoms with Crippen LogP contribution >= 0.6 is 0 Å². The highest BCUT2D eigenvalue weighted by atomic mass is 19.4. The molecule has 0 spiro atoms. The molecule has 18 heavy (non-hydrogen) atoms. The number of carbonyl (C=O) groups is 1. The molecule has 1 amide bonds. The zero-order valence-electron chi connectivity index (χ0n) is 10.3. The zero-order chi connectivity index (χ0) is 14.0. The van der Waals surface area contributed by atoms with Crippen LogP contribution in [0.5, 0.6) is 0 Å². The Morgan fingerprint density at radius 3 is 2.50 bits per heavy atom. The first-order valence-corrected chi connectivity index (χ1v) is 5.71. The minimum absolute atomic E-state index is 0.0153. The molecule has 0 saturated carbocycles. The summed E-state index contributed by atoms with van der Waals surface area (Å²) in [6, 6.07) is 1.93. The van der Waals surface area contributed by atoms with Crippen LogP contribution in [0, 0.1) is 16.7 Å². The first-order valence-electron chi connectivity index (χ1n) is 5.71. The van der Waals surface area contributed by atoms with Crippen molar-refractivity contribution in [3.8, 4) is 6.07 Å². The van der Waals surface area contributed by atoms with Gasteiger partial charge in [-0.2, -0.15) is 18.4 Å². The fraction of sp³-hybridized carbons (Fsp3) is 0.667. The Bertz CT molecular complexity index is 409. The van der Waals surface area contributed by atoms with E-state index in [1.807, 2.05) is 6.07 Å². The maximum absolute atomic E-state index is 12.4. The number of nitrogens with zero attached hydrogens (tertiary/aromatic N) is 2. The Morgan fingerprint density at radius 1 is 1.56 bits per heavy atom. The van der Waals surface area contributed by atoms with Crippen molar-refractivity contribution in [3.05, 3.63) is 11.6 Å². The highest BCUT2D eigenvalue weighted by Crippen LogP contribution is 2.31. The molecule has 3 nitrogen and oxygen atoms in total. The Kier molecular flexibility index (Phi) is 4.05. The molecule has 1 aliphatic heterocycles. The molecule has 0 aromatic rings. The lowest BCUT2D eigenvalue weighted by Crippen LogP contribution is -2.44. The van der Waals surface area contributed by atoms with Crippen LogP contribution in [0.2, 0.25) is 0 Å². The molecule has 1 aliphatic rings. The van der Waals surface area contributed by atoms with Gasteiger partial charge in [0.15, 0.2) is 0 Å². The van der Waals surface area contributed by atoms with Gasteiger partial charge in [-0.25, -0.2) is 0 Å². The third-order valence-corrected chi connectivity index (χ3v) is 3.29. The molecule has 1 unspecified atom stereocenters. The second-order valence-electron chi connectivity index (χ2n) is 4.53. The average molecular weight is 260 g/mol. The van der Waals surface area contributed by atoms with E-state index in [1.54, 1.807) is 6.92 Å². The Morgan fingerprint density at radius 2 is 2.17 bits per heavy atom. The van der Waals surface area contributed by atoms with Gasteiger partial charge in [-0.15, -0.1) is 0 Å². The highest BCUT2D eigenvalue weighted by molar-refractivity contribution is 5.85. The third-order valence-electron chi connectivity index (χ3n) is 3.29. The van der Waals surface area contributed by atoms with Crippen molar-refractivity contribution in [2.75, 3.05) is 13.1 Å². The normalized spacial score (nSPS) is 19.8. The maximum atomic E-state index is 12.4. The lowest BCUT2D eigenvalue weighted by atomic mass is 9.87. The SMILES string of the molecule is CCC(C)(C#N)C(=O)N1CC=C(C(F)(F)F)CC1. The van der Waals surface area contributed by atoms with E-state index in [9.17, 15) is 18.0 Å². The molecule has 1 heterocycles. The van der Waals surface area contributed by atoms with E-state index >= 15 is 0 Å². The number of alkyl halides is 3. The summed E-state index contributed by atoms with van der Waals surface area (Å²) in [7, 11) is 0. The van der Waals surface area contributed by atoms with Gasteiger partial charge in [0.25, 0.3) is 0 Å². The topological polar surface area (TPSA) is 44.1 Å². The van der Waals surface area contributed by atoms with Crippen LogP contribution in [0.4, 0.5) is 13.2 Å². The van der Waals surface area contributed by atoms with Crippen LogP contribution in [-0.4, -0.2) is 30.1 Å². The van der Waals surface area contributed by atoms with Gasteiger partial charge in [-0.1, -0.05) is 13.0 Å². The van der Waals surface area contributed by atoms with Gasteiger partial charge in [0, 0.05) is 18.7 Å². The molecule has 0 aliphatic carbocycles. The number of amides is 1. The van der Waals surface area contributed by atoms with Crippen LogP contribution in [0.3, 0.4) is 0 Å². The van der Waals surface area contributed by atoms with Gasteiger partial charge in [0.05, 0.1) is 6.07 Å². The van der Waals surface area contributed by atoms with Gasteiger partial charge >= 0.3 is 6.18 Å². The molecule has 1 rings (SSSR count). The van der Waals surface area contributed by atoms with E-state index in [1.165, 1.54) is 11.8 Å². The second kappa shape index (κ2) is 5.01. The fourth-order valence-electron chi connectivity index (χ4n) is 1.74. The quantitative estimate of drug-likeness (QED) is 0.716.